The van der Waals surface area contributed by atoms with Crippen molar-refractivity contribution >= 4 is 28.2 Å². The minimum atomic E-state index is -0.110. The van der Waals surface area contributed by atoms with Crippen molar-refractivity contribution in [3.8, 4) is 0 Å². The van der Waals surface area contributed by atoms with Gasteiger partial charge in [0.25, 0.3) is 0 Å². The summed E-state index contributed by atoms with van der Waals surface area (Å²) in [5, 5.41) is 13.1. The Hall–Kier alpha value is -1.95. The highest BCUT2D eigenvalue weighted by molar-refractivity contribution is 7.15. The summed E-state index contributed by atoms with van der Waals surface area (Å²) in [6.45, 7) is 0.722. The molecule has 6 heteroatoms. The van der Waals surface area contributed by atoms with E-state index in [9.17, 15) is 4.79 Å². The van der Waals surface area contributed by atoms with Crippen LogP contribution in [0.15, 0.2) is 24.3 Å². The van der Waals surface area contributed by atoms with Crippen LogP contribution in [0.4, 0.5) is 15.6 Å². The molecule has 120 valence electrons. The number of para-hydroxylation sites is 1. The Balaban J connectivity index is 1.44. The Morgan fingerprint density at radius 1 is 1.17 bits per heavy atom. The zero-order valence-electron chi connectivity index (χ0n) is 13.0. The standard InChI is InChI=1S/C17H20N4OS/c22-17(21-11-10-12-6-4-5-9-14(12)21)18-16-20-19-15(23-16)13-7-2-1-3-8-13/h4-6,9,13H,1-3,7-8,10-11H2,(H,18,20,22). The van der Waals surface area contributed by atoms with Gasteiger partial charge in [0.05, 0.1) is 0 Å². The molecule has 0 atom stereocenters. The highest BCUT2D eigenvalue weighted by Gasteiger charge is 2.25. The lowest BCUT2D eigenvalue weighted by molar-refractivity contribution is 0.257. The third-order valence-electron chi connectivity index (χ3n) is 4.74. The summed E-state index contributed by atoms with van der Waals surface area (Å²) in [7, 11) is 0. The number of benzene rings is 1. The Kier molecular flexibility index (Phi) is 3.99. The maximum atomic E-state index is 12.5. The molecule has 0 radical (unpaired) electrons. The maximum absolute atomic E-state index is 12.5. The minimum Gasteiger partial charge on any atom is -0.294 e. The second-order valence-corrected chi connectivity index (χ2v) is 7.25. The number of carbonyl (C=O) groups is 1. The van der Waals surface area contributed by atoms with E-state index in [-0.39, 0.29) is 6.03 Å². The number of nitrogens with one attached hydrogen (secondary N) is 1. The van der Waals surface area contributed by atoms with Gasteiger partial charge in [0.15, 0.2) is 0 Å². The van der Waals surface area contributed by atoms with Crippen molar-refractivity contribution in [2.45, 2.75) is 44.4 Å². The molecule has 2 heterocycles. The molecule has 0 spiro atoms. The van der Waals surface area contributed by atoms with Crippen molar-refractivity contribution in [3.63, 3.8) is 0 Å². The van der Waals surface area contributed by atoms with Gasteiger partial charge in [-0.25, -0.2) is 4.79 Å². The zero-order chi connectivity index (χ0) is 15.6. The number of rotatable bonds is 2. The summed E-state index contributed by atoms with van der Waals surface area (Å²) < 4.78 is 0. The van der Waals surface area contributed by atoms with E-state index < -0.39 is 0 Å². The lowest BCUT2D eigenvalue weighted by Crippen LogP contribution is -2.33. The molecule has 0 saturated heterocycles. The molecule has 0 unspecified atom stereocenters. The van der Waals surface area contributed by atoms with E-state index in [1.54, 1.807) is 4.90 Å². The van der Waals surface area contributed by atoms with Gasteiger partial charge in [0.1, 0.15) is 5.01 Å². The number of hydrogen-bond acceptors (Lipinski definition) is 4. The summed E-state index contributed by atoms with van der Waals surface area (Å²) in [5.74, 6) is 0.527. The third kappa shape index (κ3) is 2.95. The number of carbonyl (C=O) groups excluding carboxylic acids is 1. The van der Waals surface area contributed by atoms with Crippen LogP contribution in [0.1, 0.15) is 48.6 Å². The molecular weight excluding hydrogens is 308 g/mol. The van der Waals surface area contributed by atoms with Gasteiger partial charge in [0.2, 0.25) is 5.13 Å². The normalized spacial score (nSPS) is 18.0. The van der Waals surface area contributed by atoms with Crippen molar-refractivity contribution in [2.75, 3.05) is 16.8 Å². The van der Waals surface area contributed by atoms with Crippen LogP contribution in [0, 0.1) is 0 Å². The summed E-state index contributed by atoms with van der Waals surface area (Å²) in [6.07, 6.45) is 7.18. The quantitative estimate of drug-likeness (QED) is 0.899. The highest BCUT2D eigenvalue weighted by Crippen LogP contribution is 2.35. The first-order valence-electron chi connectivity index (χ1n) is 8.31. The number of aromatic nitrogens is 2. The Morgan fingerprint density at radius 3 is 2.87 bits per heavy atom. The molecule has 0 bridgehead atoms. The van der Waals surface area contributed by atoms with Gasteiger partial charge < -0.3 is 0 Å². The Labute approximate surface area is 139 Å². The van der Waals surface area contributed by atoms with Crippen LogP contribution < -0.4 is 10.2 Å². The molecular formula is C17H20N4OS. The molecule has 1 fully saturated rings. The van der Waals surface area contributed by atoms with Gasteiger partial charge in [-0.2, -0.15) is 0 Å². The number of urea groups is 1. The fourth-order valence-corrected chi connectivity index (χ4v) is 4.41. The first-order chi connectivity index (χ1) is 11.3. The molecule has 2 aromatic rings. The highest BCUT2D eigenvalue weighted by atomic mass is 32.1. The van der Waals surface area contributed by atoms with E-state index in [0.717, 1.165) is 23.7 Å². The Morgan fingerprint density at radius 2 is 2.00 bits per heavy atom. The largest absolute Gasteiger partial charge is 0.328 e. The number of nitrogens with zero attached hydrogens (tertiary/aromatic N) is 3. The number of fused-ring (bicyclic) bond motifs is 1. The lowest BCUT2D eigenvalue weighted by Gasteiger charge is -2.18. The van der Waals surface area contributed by atoms with Gasteiger partial charge >= 0.3 is 6.03 Å². The fourth-order valence-electron chi connectivity index (χ4n) is 3.51. The monoisotopic (exact) mass is 328 g/mol. The van der Waals surface area contributed by atoms with Crippen molar-refractivity contribution in [1.29, 1.82) is 0 Å². The summed E-state index contributed by atoms with van der Waals surface area (Å²) >= 11 is 1.53. The van der Waals surface area contributed by atoms with E-state index in [2.05, 4.69) is 21.6 Å². The molecule has 5 nitrogen and oxygen atoms in total. The molecule has 2 aliphatic rings. The van der Waals surface area contributed by atoms with Crippen LogP contribution in [-0.4, -0.2) is 22.8 Å². The average Bonchev–Trinajstić information content (AvgIpc) is 3.22. The second kappa shape index (κ2) is 6.28. The van der Waals surface area contributed by atoms with Crippen LogP contribution in [0.5, 0.6) is 0 Å². The number of hydrogen-bond donors (Lipinski definition) is 1. The van der Waals surface area contributed by atoms with Crippen molar-refractivity contribution < 1.29 is 4.79 Å². The molecule has 2 amide bonds. The van der Waals surface area contributed by atoms with Crippen molar-refractivity contribution in [1.82, 2.24) is 10.2 Å². The molecule has 1 saturated carbocycles. The molecule has 1 aliphatic heterocycles. The van der Waals surface area contributed by atoms with E-state index >= 15 is 0 Å². The zero-order valence-corrected chi connectivity index (χ0v) is 13.8. The van der Waals surface area contributed by atoms with E-state index in [4.69, 9.17) is 0 Å². The molecule has 1 aromatic carbocycles. The third-order valence-corrected chi connectivity index (χ3v) is 5.74. The lowest BCUT2D eigenvalue weighted by atomic mass is 9.90. The summed E-state index contributed by atoms with van der Waals surface area (Å²) in [4.78, 5) is 14.3. The minimum absolute atomic E-state index is 0.110. The first-order valence-corrected chi connectivity index (χ1v) is 9.13. The summed E-state index contributed by atoms with van der Waals surface area (Å²) in [6, 6.07) is 7.95. The van der Waals surface area contributed by atoms with Crippen molar-refractivity contribution in [2.24, 2.45) is 0 Å². The van der Waals surface area contributed by atoms with Gasteiger partial charge in [-0.3, -0.25) is 10.2 Å². The maximum Gasteiger partial charge on any atom is 0.328 e. The van der Waals surface area contributed by atoms with Crippen LogP contribution in [0.2, 0.25) is 0 Å². The van der Waals surface area contributed by atoms with Gasteiger partial charge in [0, 0.05) is 18.2 Å². The van der Waals surface area contributed by atoms with E-state index in [0.29, 0.717) is 11.0 Å². The van der Waals surface area contributed by atoms with Crippen LogP contribution in [-0.2, 0) is 6.42 Å². The average molecular weight is 328 g/mol. The predicted octanol–water partition coefficient (Wildman–Crippen LogP) is 4.18. The van der Waals surface area contributed by atoms with E-state index in [1.165, 1.54) is 49.0 Å². The number of amides is 2. The molecule has 1 aromatic heterocycles. The van der Waals surface area contributed by atoms with Gasteiger partial charge in [-0.15, -0.1) is 10.2 Å². The Bertz CT molecular complexity index is 708. The molecule has 1 aliphatic carbocycles. The van der Waals surface area contributed by atoms with Gasteiger partial charge in [-0.05, 0) is 30.9 Å². The number of anilines is 2. The molecule has 23 heavy (non-hydrogen) atoms. The van der Waals surface area contributed by atoms with Crippen LogP contribution in [0.3, 0.4) is 0 Å². The predicted molar refractivity (Wildman–Crippen MR) is 92.2 cm³/mol. The molecule has 1 N–H and O–H groups in total. The molecule has 4 rings (SSSR count). The van der Waals surface area contributed by atoms with E-state index in [1.807, 2.05) is 18.2 Å². The first kappa shape index (κ1) is 14.6. The van der Waals surface area contributed by atoms with Gasteiger partial charge in [-0.1, -0.05) is 48.8 Å². The van der Waals surface area contributed by atoms with Crippen LogP contribution >= 0.6 is 11.3 Å². The summed E-state index contributed by atoms with van der Waals surface area (Å²) in [5.41, 5.74) is 2.23. The smallest absolute Gasteiger partial charge is 0.294 e. The van der Waals surface area contributed by atoms with Crippen molar-refractivity contribution in [3.05, 3.63) is 34.8 Å². The SMILES string of the molecule is O=C(Nc1nnc(C2CCCCC2)s1)N1CCc2ccccc21. The van der Waals surface area contributed by atoms with Crippen LogP contribution in [0.25, 0.3) is 0 Å². The topological polar surface area (TPSA) is 58.1 Å². The fraction of sp³-hybridized carbons (Fsp3) is 0.471. The second-order valence-electron chi connectivity index (χ2n) is 6.24.